The first-order valence-corrected chi connectivity index (χ1v) is 13.5. The number of rotatable bonds is 7. The second kappa shape index (κ2) is 11.5. The van der Waals surface area contributed by atoms with Crippen molar-refractivity contribution in [3.8, 4) is 11.1 Å². The highest BCUT2D eigenvalue weighted by molar-refractivity contribution is 6.37. The fraction of sp³-hybridized carbons (Fsp3) is 0. The minimum atomic E-state index is -0.290. The molecule has 0 saturated carbocycles. The highest BCUT2D eigenvalue weighted by atomic mass is 35.5. The van der Waals surface area contributed by atoms with Crippen LogP contribution in [0.5, 0.6) is 0 Å². The minimum absolute atomic E-state index is 0.290. The molecule has 0 atom stereocenters. The molecule has 2 nitrogen and oxygen atoms in total. The van der Waals surface area contributed by atoms with Gasteiger partial charge in [0.05, 0.1) is 16.4 Å². The van der Waals surface area contributed by atoms with E-state index < -0.39 is 0 Å². The van der Waals surface area contributed by atoms with Gasteiger partial charge in [0.2, 0.25) is 0 Å². The third-order valence-electron chi connectivity index (χ3n) is 6.73. The van der Waals surface area contributed by atoms with E-state index in [-0.39, 0.29) is 5.82 Å². The van der Waals surface area contributed by atoms with Gasteiger partial charge in [0.25, 0.3) is 0 Å². The Kier molecular flexibility index (Phi) is 7.30. The zero-order valence-electron chi connectivity index (χ0n) is 21.7. The summed E-state index contributed by atoms with van der Waals surface area (Å²) in [6.45, 7) is 0. The molecule has 0 bridgehead atoms. The molecule has 4 heteroatoms. The molecule has 0 aromatic heterocycles. The number of benzene rings is 6. The maximum absolute atomic E-state index is 14.5. The number of halogens is 2. The van der Waals surface area contributed by atoms with Crippen LogP contribution in [-0.2, 0) is 0 Å². The summed E-state index contributed by atoms with van der Waals surface area (Å²) in [5, 5.41) is 0.570. The Morgan fingerprint density at radius 1 is 0.400 bits per heavy atom. The Morgan fingerprint density at radius 2 is 0.775 bits per heavy atom. The fourth-order valence-electron chi connectivity index (χ4n) is 4.92. The molecular formula is C36H26ClFN2. The molecule has 0 saturated heterocycles. The Morgan fingerprint density at radius 3 is 1.12 bits per heavy atom. The largest absolute Gasteiger partial charge is 0.309 e. The fourth-order valence-corrected chi connectivity index (χ4v) is 5.20. The van der Waals surface area contributed by atoms with Gasteiger partial charge in [-0.1, -0.05) is 96.5 Å². The molecule has 6 aromatic carbocycles. The quantitative estimate of drug-likeness (QED) is 0.199. The average Bonchev–Trinajstić information content (AvgIpc) is 3.01. The van der Waals surface area contributed by atoms with E-state index in [1.54, 1.807) is 12.1 Å². The lowest BCUT2D eigenvalue weighted by Crippen LogP contribution is -2.14. The first kappa shape index (κ1) is 25.4. The molecule has 0 aliphatic heterocycles. The lowest BCUT2D eigenvalue weighted by Gasteiger charge is -2.31. The van der Waals surface area contributed by atoms with Crippen molar-refractivity contribution >= 4 is 45.7 Å². The summed E-state index contributed by atoms with van der Waals surface area (Å²) in [5.74, 6) is -0.290. The number of nitrogens with zero attached hydrogens (tertiary/aromatic N) is 2. The molecule has 0 spiro atoms. The third kappa shape index (κ3) is 5.20. The number of hydrogen-bond acceptors (Lipinski definition) is 2. The highest BCUT2D eigenvalue weighted by Gasteiger charge is 2.24. The van der Waals surface area contributed by atoms with Gasteiger partial charge < -0.3 is 9.80 Å². The Labute approximate surface area is 239 Å². The zero-order chi connectivity index (χ0) is 27.3. The van der Waals surface area contributed by atoms with Crippen LogP contribution in [0.3, 0.4) is 0 Å². The van der Waals surface area contributed by atoms with Crippen molar-refractivity contribution < 1.29 is 4.39 Å². The second-order valence-corrected chi connectivity index (χ2v) is 9.73. The van der Waals surface area contributed by atoms with Crippen molar-refractivity contribution in [2.45, 2.75) is 0 Å². The maximum atomic E-state index is 14.5. The Balaban J connectivity index is 1.67. The van der Waals surface area contributed by atoms with Crippen LogP contribution >= 0.6 is 11.6 Å². The monoisotopic (exact) mass is 540 g/mol. The Hall–Kier alpha value is -4.86. The summed E-state index contributed by atoms with van der Waals surface area (Å²) in [4.78, 5) is 4.28. The summed E-state index contributed by atoms with van der Waals surface area (Å²) in [5.41, 5.74) is 7.03. The van der Waals surface area contributed by atoms with Crippen molar-refractivity contribution in [2.24, 2.45) is 0 Å². The van der Waals surface area contributed by atoms with Crippen molar-refractivity contribution in [1.82, 2.24) is 0 Å². The van der Waals surface area contributed by atoms with Crippen LogP contribution in [0.15, 0.2) is 158 Å². The van der Waals surface area contributed by atoms with E-state index in [0.29, 0.717) is 5.02 Å². The molecule has 40 heavy (non-hydrogen) atoms. The van der Waals surface area contributed by atoms with Crippen LogP contribution in [0.1, 0.15) is 0 Å². The molecule has 0 unspecified atom stereocenters. The minimum Gasteiger partial charge on any atom is -0.309 e. The van der Waals surface area contributed by atoms with E-state index >= 15 is 0 Å². The zero-order valence-corrected chi connectivity index (χ0v) is 22.4. The SMILES string of the molecule is Fc1cccc(-c2cc(N(c3ccccc3)c3ccccc3)c(Cl)c(N(c3ccccc3)c3ccccc3)c2)c1. The average molecular weight is 541 g/mol. The third-order valence-corrected chi connectivity index (χ3v) is 7.12. The summed E-state index contributed by atoms with van der Waals surface area (Å²) >= 11 is 7.43. The molecule has 194 valence electrons. The van der Waals surface area contributed by atoms with E-state index in [4.69, 9.17) is 11.6 Å². The van der Waals surface area contributed by atoms with Gasteiger partial charge in [-0.3, -0.25) is 0 Å². The number of hydrogen-bond donors (Lipinski definition) is 0. The maximum Gasteiger partial charge on any atom is 0.123 e. The molecule has 0 aliphatic carbocycles. The van der Waals surface area contributed by atoms with Crippen molar-refractivity contribution in [1.29, 1.82) is 0 Å². The van der Waals surface area contributed by atoms with Gasteiger partial charge in [-0.2, -0.15) is 0 Å². The lowest BCUT2D eigenvalue weighted by molar-refractivity contribution is 0.628. The molecule has 0 radical (unpaired) electrons. The normalized spacial score (nSPS) is 10.8. The highest BCUT2D eigenvalue weighted by Crippen LogP contribution is 2.48. The topological polar surface area (TPSA) is 6.48 Å². The van der Waals surface area contributed by atoms with E-state index in [0.717, 1.165) is 45.3 Å². The molecule has 0 heterocycles. The smallest absolute Gasteiger partial charge is 0.123 e. The second-order valence-electron chi connectivity index (χ2n) is 9.35. The van der Waals surface area contributed by atoms with Gasteiger partial charge in [-0.15, -0.1) is 0 Å². The Bertz CT molecular complexity index is 1530. The van der Waals surface area contributed by atoms with Gasteiger partial charge >= 0.3 is 0 Å². The summed E-state index contributed by atoms with van der Waals surface area (Å²) < 4.78 is 14.5. The molecule has 0 aliphatic rings. The molecule has 0 fully saturated rings. The van der Waals surface area contributed by atoms with Gasteiger partial charge in [-0.25, -0.2) is 4.39 Å². The molecule has 6 rings (SSSR count). The summed E-state index contributed by atoms with van der Waals surface area (Å²) in [7, 11) is 0. The molecule has 0 N–H and O–H groups in total. The van der Waals surface area contributed by atoms with E-state index in [2.05, 4.69) is 58.3 Å². The lowest BCUT2D eigenvalue weighted by atomic mass is 10.0. The number of anilines is 6. The van der Waals surface area contributed by atoms with Gasteiger partial charge in [-0.05, 0) is 83.9 Å². The van der Waals surface area contributed by atoms with Gasteiger partial charge in [0, 0.05) is 22.7 Å². The summed E-state index contributed by atoms with van der Waals surface area (Å²) in [6.07, 6.45) is 0. The van der Waals surface area contributed by atoms with Crippen molar-refractivity contribution in [2.75, 3.05) is 9.80 Å². The van der Waals surface area contributed by atoms with Crippen LogP contribution < -0.4 is 9.80 Å². The molecular weight excluding hydrogens is 515 g/mol. The molecule has 6 aromatic rings. The van der Waals surface area contributed by atoms with Crippen LogP contribution in [-0.4, -0.2) is 0 Å². The van der Waals surface area contributed by atoms with E-state index in [9.17, 15) is 4.39 Å². The molecule has 0 amide bonds. The van der Waals surface area contributed by atoms with Crippen LogP contribution in [0.25, 0.3) is 11.1 Å². The predicted molar refractivity (Wildman–Crippen MR) is 166 cm³/mol. The van der Waals surface area contributed by atoms with Gasteiger partial charge in [0.1, 0.15) is 5.82 Å². The first-order valence-electron chi connectivity index (χ1n) is 13.1. The van der Waals surface area contributed by atoms with Gasteiger partial charge in [0.15, 0.2) is 0 Å². The van der Waals surface area contributed by atoms with E-state index in [1.807, 2.05) is 91.0 Å². The number of para-hydroxylation sites is 4. The van der Waals surface area contributed by atoms with Crippen molar-refractivity contribution in [3.05, 3.63) is 169 Å². The predicted octanol–water partition coefficient (Wildman–Crippen LogP) is 11.1. The van der Waals surface area contributed by atoms with Crippen LogP contribution in [0.4, 0.5) is 38.5 Å². The standard InChI is InChI=1S/C36H26ClFN2/c37-36-34(39(30-16-5-1-6-17-30)31-18-7-2-8-19-31)25-28(27-14-13-15-29(38)24-27)26-35(36)40(32-20-9-3-10-21-32)33-22-11-4-12-23-33/h1-26H. The van der Waals surface area contributed by atoms with Crippen LogP contribution in [0.2, 0.25) is 5.02 Å². The summed E-state index contributed by atoms with van der Waals surface area (Å²) in [6, 6.07) is 51.3. The van der Waals surface area contributed by atoms with Crippen molar-refractivity contribution in [3.63, 3.8) is 0 Å². The van der Waals surface area contributed by atoms with E-state index in [1.165, 1.54) is 6.07 Å². The van der Waals surface area contributed by atoms with Crippen LogP contribution in [0, 0.1) is 5.82 Å². The first-order chi connectivity index (χ1) is 19.7.